The number of aromatic nitrogens is 4. The number of imidazole rings is 1. The summed E-state index contributed by atoms with van der Waals surface area (Å²) < 4.78 is 0. The molecule has 1 aliphatic carbocycles. The first kappa shape index (κ1) is 21.7. The highest BCUT2D eigenvalue weighted by atomic mass is 35.5. The fourth-order valence-electron chi connectivity index (χ4n) is 3.22. The Balaban J connectivity index is 0.00000131. The van der Waals surface area contributed by atoms with Gasteiger partial charge in [0.25, 0.3) is 0 Å². The molecule has 146 valence electrons. The summed E-state index contributed by atoms with van der Waals surface area (Å²) in [5.74, 6) is 2.34. The lowest BCUT2D eigenvalue weighted by molar-refractivity contribution is 0.345. The number of H-pyrrole nitrogens is 1. The molecule has 1 aromatic carbocycles. The van der Waals surface area contributed by atoms with Gasteiger partial charge >= 0.3 is 0 Å². The molecule has 9 heteroatoms. The van der Waals surface area contributed by atoms with E-state index in [2.05, 4.69) is 25.3 Å². The van der Waals surface area contributed by atoms with Gasteiger partial charge in [-0.1, -0.05) is 11.6 Å². The summed E-state index contributed by atoms with van der Waals surface area (Å²) in [5, 5.41) is 4.09. The molecule has 6 nitrogen and oxygen atoms in total. The number of fused-ring (bicyclic) bond motifs is 1. The van der Waals surface area contributed by atoms with Gasteiger partial charge in [0.15, 0.2) is 0 Å². The van der Waals surface area contributed by atoms with Crippen molar-refractivity contribution >= 4 is 53.3 Å². The Labute approximate surface area is 175 Å². The number of benzene rings is 1. The fraction of sp³-hybridized carbons (Fsp3) is 0.389. The average Bonchev–Trinajstić information content (AvgIpc) is 2.98. The van der Waals surface area contributed by atoms with Crippen LogP contribution in [0.4, 0.5) is 5.82 Å². The van der Waals surface area contributed by atoms with Crippen LogP contribution in [-0.4, -0.2) is 32.5 Å². The third-order valence-electron chi connectivity index (χ3n) is 4.67. The van der Waals surface area contributed by atoms with E-state index in [-0.39, 0.29) is 24.8 Å². The minimum atomic E-state index is 0. The number of nitrogens with zero attached hydrogens (tertiary/aromatic N) is 3. The predicted octanol–water partition coefficient (Wildman–Crippen LogP) is 4.10. The Morgan fingerprint density at radius 1 is 1.19 bits per heavy atom. The van der Waals surface area contributed by atoms with E-state index in [1.165, 1.54) is 0 Å². The second-order valence-corrected chi connectivity index (χ2v) is 7.07. The Morgan fingerprint density at radius 2 is 2.00 bits per heavy atom. The lowest BCUT2D eigenvalue weighted by atomic mass is 9.79. The van der Waals surface area contributed by atoms with Crippen molar-refractivity contribution in [2.45, 2.75) is 37.6 Å². The minimum Gasteiger partial charge on any atom is -0.370 e. The number of nitrogens with two attached hydrogens (primary N) is 1. The molecule has 2 aromatic heterocycles. The van der Waals surface area contributed by atoms with Crippen molar-refractivity contribution in [3.8, 4) is 0 Å². The molecule has 0 radical (unpaired) electrons. The van der Waals surface area contributed by atoms with Gasteiger partial charge in [-0.15, -0.1) is 24.8 Å². The van der Waals surface area contributed by atoms with E-state index < -0.39 is 0 Å². The number of hydrogen-bond donors (Lipinski definition) is 3. The smallest absolute Gasteiger partial charge is 0.129 e. The topological polar surface area (TPSA) is 92.5 Å². The Morgan fingerprint density at radius 3 is 2.78 bits per heavy atom. The molecule has 0 unspecified atom stereocenters. The fourth-order valence-corrected chi connectivity index (χ4v) is 3.39. The van der Waals surface area contributed by atoms with E-state index in [9.17, 15) is 0 Å². The minimum absolute atomic E-state index is 0. The second-order valence-electron chi connectivity index (χ2n) is 6.63. The van der Waals surface area contributed by atoms with Gasteiger partial charge in [-0.25, -0.2) is 15.0 Å². The molecular formula is C18H23Cl3N6. The Bertz CT molecular complexity index is 878. The number of rotatable bonds is 6. The summed E-state index contributed by atoms with van der Waals surface area (Å²) in [6.45, 7) is 0.832. The molecule has 0 atom stereocenters. The molecule has 0 bridgehead atoms. The molecule has 1 fully saturated rings. The summed E-state index contributed by atoms with van der Waals surface area (Å²) in [6.07, 6.45) is 5.50. The normalized spacial score (nSPS) is 18.3. The van der Waals surface area contributed by atoms with E-state index in [0.29, 0.717) is 12.0 Å². The number of hydrogen-bond acceptors (Lipinski definition) is 5. The van der Waals surface area contributed by atoms with Gasteiger partial charge in [-0.2, -0.15) is 0 Å². The molecule has 0 saturated heterocycles. The van der Waals surface area contributed by atoms with Crippen molar-refractivity contribution in [3.63, 3.8) is 0 Å². The summed E-state index contributed by atoms with van der Waals surface area (Å²) in [4.78, 5) is 16.6. The number of anilines is 1. The summed E-state index contributed by atoms with van der Waals surface area (Å²) in [5.41, 5.74) is 8.88. The van der Waals surface area contributed by atoms with Gasteiger partial charge in [0.05, 0.1) is 11.0 Å². The standard InChI is InChI=1S/C18H21ClN6.2ClH/c19-12-3-4-14-16(8-12)25-17(24-14)2-1-5-21-18-9-15(22-10-23-18)11-6-13(20)7-11;;/h3-4,8-11,13H,1-2,5-7,20H2,(H,24,25)(H,21,22,23);2*1H. The molecule has 4 rings (SSSR count). The number of aromatic amines is 1. The molecule has 27 heavy (non-hydrogen) atoms. The van der Waals surface area contributed by atoms with E-state index in [0.717, 1.165) is 65.6 Å². The zero-order valence-corrected chi connectivity index (χ0v) is 17.1. The largest absolute Gasteiger partial charge is 0.370 e. The molecule has 1 aliphatic rings. The highest BCUT2D eigenvalue weighted by Crippen LogP contribution is 2.34. The second kappa shape index (κ2) is 9.55. The third-order valence-corrected chi connectivity index (χ3v) is 4.91. The van der Waals surface area contributed by atoms with Gasteiger partial charge in [0.1, 0.15) is 18.0 Å². The van der Waals surface area contributed by atoms with E-state index in [1.807, 2.05) is 24.3 Å². The SMILES string of the molecule is Cl.Cl.NC1CC(c2cc(NCCCc3nc4ccc(Cl)cc4[nH]3)ncn2)C1. The maximum Gasteiger partial charge on any atom is 0.129 e. The molecule has 0 spiro atoms. The lowest BCUT2D eigenvalue weighted by Crippen LogP contribution is -2.35. The summed E-state index contributed by atoms with van der Waals surface area (Å²) >= 11 is 6.00. The first-order valence-corrected chi connectivity index (χ1v) is 9.01. The van der Waals surface area contributed by atoms with Crippen LogP contribution < -0.4 is 11.1 Å². The average molecular weight is 430 g/mol. The van der Waals surface area contributed by atoms with Crippen LogP contribution in [0.5, 0.6) is 0 Å². The molecule has 3 aromatic rings. The van der Waals surface area contributed by atoms with E-state index >= 15 is 0 Å². The Kier molecular flexibility index (Phi) is 7.68. The zero-order chi connectivity index (χ0) is 17.2. The predicted molar refractivity (Wildman–Crippen MR) is 114 cm³/mol. The maximum atomic E-state index is 6.00. The Hall–Kier alpha value is -1.60. The lowest BCUT2D eigenvalue weighted by Gasteiger charge is -2.31. The molecular weight excluding hydrogens is 407 g/mol. The maximum absolute atomic E-state index is 6.00. The zero-order valence-electron chi connectivity index (χ0n) is 14.7. The van der Waals surface area contributed by atoms with E-state index in [1.54, 1.807) is 6.33 Å². The van der Waals surface area contributed by atoms with Crippen molar-refractivity contribution in [2.75, 3.05) is 11.9 Å². The number of nitrogens with one attached hydrogen (secondary N) is 2. The van der Waals surface area contributed by atoms with Crippen molar-refractivity contribution in [1.82, 2.24) is 19.9 Å². The van der Waals surface area contributed by atoms with Gasteiger partial charge in [0.2, 0.25) is 0 Å². The first-order chi connectivity index (χ1) is 12.2. The highest BCUT2D eigenvalue weighted by Gasteiger charge is 2.28. The van der Waals surface area contributed by atoms with Crippen LogP contribution in [0.3, 0.4) is 0 Å². The molecule has 0 amide bonds. The van der Waals surface area contributed by atoms with Gasteiger partial charge in [0, 0.05) is 41.7 Å². The van der Waals surface area contributed by atoms with Gasteiger partial charge < -0.3 is 16.0 Å². The van der Waals surface area contributed by atoms with Crippen LogP contribution in [0, 0.1) is 0 Å². The number of halogens is 3. The molecule has 2 heterocycles. The van der Waals surface area contributed by atoms with Crippen molar-refractivity contribution in [1.29, 1.82) is 0 Å². The summed E-state index contributed by atoms with van der Waals surface area (Å²) in [7, 11) is 0. The quantitative estimate of drug-likeness (QED) is 0.513. The van der Waals surface area contributed by atoms with Crippen LogP contribution in [0.2, 0.25) is 5.02 Å². The van der Waals surface area contributed by atoms with Gasteiger partial charge in [-0.05, 0) is 37.5 Å². The summed E-state index contributed by atoms with van der Waals surface area (Å²) in [6, 6.07) is 8.07. The molecule has 4 N–H and O–H groups in total. The number of aryl methyl sites for hydroxylation is 1. The van der Waals surface area contributed by atoms with E-state index in [4.69, 9.17) is 17.3 Å². The van der Waals surface area contributed by atoms with Crippen LogP contribution in [0.15, 0.2) is 30.6 Å². The van der Waals surface area contributed by atoms with Crippen LogP contribution >= 0.6 is 36.4 Å². The van der Waals surface area contributed by atoms with Crippen molar-refractivity contribution < 1.29 is 0 Å². The molecule has 1 saturated carbocycles. The van der Waals surface area contributed by atoms with Crippen LogP contribution in [-0.2, 0) is 6.42 Å². The van der Waals surface area contributed by atoms with Crippen LogP contribution in [0.25, 0.3) is 11.0 Å². The molecule has 0 aliphatic heterocycles. The first-order valence-electron chi connectivity index (χ1n) is 8.63. The third kappa shape index (κ3) is 5.23. The van der Waals surface area contributed by atoms with Gasteiger partial charge in [-0.3, -0.25) is 0 Å². The highest BCUT2D eigenvalue weighted by molar-refractivity contribution is 6.31. The monoisotopic (exact) mass is 428 g/mol. The van der Waals surface area contributed by atoms with Crippen molar-refractivity contribution in [2.24, 2.45) is 5.73 Å². The van der Waals surface area contributed by atoms with Crippen molar-refractivity contribution in [3.05, 3.63) is 47.1 Å². The van der Waals surface area contributed by atoms with Crippen LogP contribution in [0.1, 0.15) is 36.7 Å².